The van der Waals surface area contributed by atoms with Crippen molar-refractivity contribution in [2.45, 2.75) is 38.1 Å². The Kier molecular flexibility index (Phi) is 5.00. The zero-order valence-electron chi connectivity index (χ0n) is 12.3. The van der Waals surface area contributed by atoms with Crippen molar-refractivity contribution in [1.82, 2.24) is 4.90 Å². The number of benzene rings is 1. The van der Waals surface area contributed by atoms with E-state index in [1.165, 1.54) is 11.1 Å². The van der Waals surface area contributed by atoms with Crippen molar-refractivity contribution >= 4 is 15.9 Å². The molecule has 2 N–H and O–H groups in total. The van der Waals surface area contributed by atoms with Crippen LogP contribution in [-0.2, 0) is 21.2 Å². The Balaban J connectivity index is 2.00. The summed E-state index contributed by atoms with van der Waals surface area (Å²) >= 11 is 0. The number of hydrogen-bond donors (Lipinski definition) is 1. The van der Waals surface area contributed by atoms with Gasteiger partial charge in [0.05, 0.1) is 11.8 Å². The van der Waals surface area contributed by atoms with Gasteiger partial charge >= 0.3 is 0 Å². The highest BCUT2D eigenvalue weighted by Crippen LogP contribution is 2.33. The van der Waals surface area contributed by atoms with Gasteiger partial charge in [0.1, 0.15) is 0 Å². The van der Waals surface area contributed by atoms with Crippen LogP contribution in [0.1, 0.15) is 42.9 Å². The summed E-state index contributed by atoms with van der Waals surface area (Å²) < 4.78 is 21.8. The van der Waals surface area contributed by atoms with Crippen LogP contribution in [-0.4, -0.2) is 32.0 Å². The summed E-state index contributed by atoms with van der Waals surface area (Å²) in [7, 11) is -1.69. The fraction of sp³-hybridized carbons (Fsp3) is 0.533. The van der Waals surface area contributed by atoms with Crippen molar-refractivity contribution in [2.24, 2.45) is 5.14 Å². The Labute approximate surface area is 126 Å². The second-order valence-corrected chi connectivity index (χ2v) is 7.32. The molecule has 2 rings (SSSR count). The van der Waals surface area contributed by atoms with Gasteiger partial charge in [-0.05, 0) is 36.8 Å². The van der Waals surface area contributed by atoms with Crippen LogP contribution in [0.5, 0.6) is 0 Å². The topological polar surface area (TPSA) is 80.5 Å². The van der Waals surface area contributed by atoms with Crippen LogP contribution in [0.3, 0.4) is 0 Å². The molecule has 1 aliphatic rings. The lowest BCUT2D eigenvalue weighted by molar-refractivity contribution is -0.132. The number of sulfonamides is 1. The van der Waals surface area contributed by atoms with E-state index < -0.39 is 10.0 Å². The fourth-order valence-corrected chi connectivity index (χ4v) is 3.45. The van der Waals surface area contributed by atoms with Crippen molar-refractivity contribution in [3.63, 3.8) is 0 Å². The summed E-state index contributed by atoms with van der Waals surface area (Å²) in [5.74, 6) is -0.172. The van der Waals surface area contributed by atoms with E-state index in [0.29, 0.717) is 0 Å². The van der Waals surface area contributed by atoms with E-state index in [4.69, 9.17) is 5.14 Å². The highest BCUT2D eigenvalue weighted by Gasteiger charge is 2.26. The molecule has 0 aliphatic heterocycles. The Morgan fingerprint density at radius 2 is 2.10 bits per heavy atom. The lowest BCUT2D eigenvalue weighted by Crippen LogP contribution is -2.33. The SMILES string of the molecule is CN(C(=O)CCCS(N)(=O)=O)C1CCCc2ccccc21. The lowest BCUT2D eigenvalue weighted by atomic mass is 9.87. The van der Waals surface area contributed by atoms with Crippen molar-refractivity contribution in [2.75, 3.05) is 12.8 Å². The van der Waals surface area contributed by atoms with Crippen molar-refractivity contribution in [1.29, 1.82) is 0 Å². The summed E-state index contributed by atoms with van der Waals surface area (Å²) in [6.07, 6.45) is 3.56. The first-order valence-electron chi connectivity index (χ1n) is 7.22. The molecule has 1 aromatic carbocycles. The number of nitrogens with zero attached hydrogens (tertiary/aromatic N) is 1. The Morgan fingerprint density at radius 1 is 1.38 bits per heavy atom. The zero-order chi connectivity index (χ0) is 15.5. The predicted molar refractivity (Wildman–Crippen MR) is 82.1 cm³/mol. The van der Waals surface area contributed by atoms with E-state index in [1.54, 1.807) is 11.9 Å². The molecule has 6 heteroatoms. The van der Waals surface area contributed by atoms with Crippen molar-refractivity contribution in [3.05, 3.63) is 35.4 Å². The molecule has 5 nitrogen and oxygen atoms in total. The van der Waals surface area contributed by atoms with Gasteiger partial charge in [0.15, 0.2) is 0 Å². The molecule has 0 bridgehead atoms. The summed E-state index contributed by atoms with van der Waals surface area (Å²) in [6.45, 7) is 0. The molecule has 1 aliphatic carbocycles. The molecule has 0 aromatic heterocycles. The predicted octanol–water partition coefficient (Wildman–Crippen LogP) is 1.59. The quantitative estimate of drug-likeness (QED) is 0.897. The molecule has 1 atom stereocenters. The molecular formula is C15H22N2O3S. The summed E-state index contributed by atoms with van der Waals surface area (Å²) in [5.41, 5.74) is 2.52. The number of hydrogen-bond acceptors (Lipinski definition) is 3. The monoisotopic (exact) mass is 310 g/mol. The second kappa shape index (κ2) is 6.58. The molecule has 1 aromatic rings. The summed E-state index contributed by atoms with van der Waals surface area (Å²) in [4.78, 5) is 14.0. The van der Waals surface area contributed by atoms with Gasteiger partial charge in [-0.15, -0.1) is 0 Å². The van der Waals surface area contributed by atoms with Gasteiger partial charge in [-0.1, -0.05) is 24.3 Å². The summed E-state index contributed by atoms with van der Waals surface area (Å²) in [6, 6.07) is 8.30. The van der Waals surface area contributed by atoms with E-state index in [2.05, 4.69) is 12.1 Å². The first-order chi connectivity index (χ1) is 9.88. The highest BCUT2D eigenvalue weighted by atomic mass is 32.2. The van der Waals surface area contributed by atoms with Crippen molar-refractivity contribution < 1.29 is 13.2 Å². The normalized spacial score (nSPS) is 18.1. The number of nitrogens with two attached hydrogens (primary N) is 1. The van der Waals surface area contributed by atoms with Crippen LogP contribution in [0.15, 0.2) is 24.3 Å². The van der Waals surface area contributed by atoms with Crippen LogP contribution in [0.4, 0.5) is 0 Å². The number of carbonyl (C=O) groups excluding carboxylic acids is 1. The second-order valence-electron chi connectivity index (χ2n) is 5.58. The largest absolute Gasteiger partial charge is 0.339 e. The number of aryl methyl sites for hydroxylation is 1. The van der Waals surface area contributed by atoms with Crippen LogP contribution in [0.25, 0.3) is 0 Å². The zero-order valence-corrected chi connectivity index (χ0v) is 13.1. The average molecular weight is 310 g/mol. The Morgan fingerprint density at radius 3 is 2.81 bits per heavy atom. The minimum atomic E-state index is -3.49. The molecule has 0 heterocycles. The standard InChI is InChI=1S/C15H22N2O3S/c1-17(15(18)10-5-11-21(16,19)20)14-9-4-7-12-6-2-3-8-13(12)14/h2-3,6,8,14H,4-5,7,9-11H2,1H3,(H2,16,19,20). The van der Waals surface area contributed by atoms with Gasteiger partial charge in [0.2, 0.25) is 15.9 Å². The van der Waals surface area contributed by atoms with Gasteiger partial charge in [-0.3, -0.25) is 4.79 Å². The smallest absolute Gasteiger partial charge is 0.222 e. The molecule has 1 unspecified atom stereocenters. The number of carbonyl (C=O) groups is 1. The molecule has 0 saturated carbocycles. The average Bonchev–Trinajstić information content (AvgIpc) is 2.44. The van der Waals surface area contributed by atoms with Crippen molar-refractivity contribution in [3.8, 4) is 0 Å². The third-order valence-corrected chi connectivity index (χ3v) is 4.88. The maximum Gasteiger partial charge on any atom is 0.222 e. The number of primary sulfonamides is 1. The third-order valence-electron chi connectivity index (χ3n) is 4.02. The molecule has 0 saturated heterocycles. The van der Waals surface area contributed by atoms with Gasteiger partial charge < -0.3 is 4.90 Å². The molecule has 0 radical (unpaired) electrons. The van der Waals surface area contributed by atoms with E-state index in [9.17, 15) is 13.2 Å². The first-order valence-corrected chi connectivity index (χ1v) is 8.94. The van der Waals surface area contributed by atoms with Gasteiger partial charge in [0.25, 0.3) is 0 Å². The molecular weight excluding hydrogens is 288 g/mol. The van der Waals surface area contributed by atoms with Gasteiger partial charge in [-0.25, -0.2) is 13.6 Å². The fourth-order valence-electron chi connectivity index (χ4n) is 2.91. The molecule has 1 amide bonds. The molecule has 0 fully saturated rings. The van der Waals surface area contributed by atoms with Crippen LogP contribution in [0, 0.1) is 0 Å². The Bertz CT molecular complexity index is 613. The van der Waals surface area contributed by atoms with Crippen LogP contribution >= 0.6 is 0 Å². The third kappa shape index (κ3) is 4.28. The highest BCUT2D eigenvalue weighted by molar-refractivity contribution is 7.89. The maximum atomic E-state index is 12.2. The van der Waals surface area contributed by atoms with Gasteiger partial charge in [-0.2, -0.15) is 0 Å². The molecule has 21 heavy (non-hydrogen) atoms. The number of fused-ring (bicyclic) bond motifs is 1. The molecule has 0 spiro atoms. The number of amides is 1. The van der Waals surface area contributed by atoms with E-state index in [1.807, 2.05) is 12.1 Å². The Hall–Kier alpha value is -1.40. The van der Waals surface area contributed by atoms with Gasteiger partial charge in [0, 0.05) is 13.5 Å². The van der Waals surface area contributed by atoms with E-state index >= 15 is 0 Å². The summed E-state index contributed by atoms with van der Waals surface area (Å²) in [5, 5.41) is 4.95. The molecule has 116 valence electrons. The number of rotatable bonds is 5. The first kappa shape index (κ1) is 16.0. The van der Waals surface area contributed by atoms with E-state index in [-0.39, 0.29) is 30.5 Å². The van der Waals surface area contributed by atoms with Crippen LogP contribution < -0.4 is 5.14 Å². The van der Waals surface area contributed by atoms with E-state index in [0.717, 1.165) is 19.3 Å². The minimum absolute atomic E-state index is 0.0275. The minimum Gasteiger partial charge on any atom is -0.339 e. The maximum absolute atomic E-state index is 12.2. The van der Waals surface area contributed by atoms with Crippen LogP contribution in [0.2, 0.25) is 0 Å². The lowest BCUT2D eigenvalue weighted by Gasteiger charge is -2.33.